The van der Waals surface area contributed by atoms with Crippen molar-refractivity contribution >= 4 is 16.6 Å². The van der Waals surface area contributed by atoms with Crippen molar-refractivity contribution < 1.29 is 4.74 Å². The van der Waals surface area contributed by atoms with Crippen molar-refractivity contribution in [1.82, 2.24) is 15.2 Å². The second-order valence-corrected chi connectivity index (χ2v) is 4.08. The summed E-state index contributed by atoms with van der Waals surface area (Å²) in [4.78, 5) is 4.26. The minimum Gasteiger partial charge on any atom is -0.437 e. The number of nitrogen functional groups attached to an aromatic ring is 1. The molecule has 0 aliphatic heterocycles. The summed E-state index contributed by atoms with van der Waals surface area (Å²) in [5, 5.41) is 7.79. The first-order chi connectivity index (χ1) is 8.72. The van der Waals surface area contributed by atoms with Crippen LogP contribution in [0.25, 0.3) is 10.9 Å². The smallest absolute Gasteiger partial charge is 0.238 e. The van der Waals surface area contributed by atoms with E-state index >= 15 is 0 Å². The number of benzene rings is 1. The number of aromatic amines is 1. The van der Waals surface area contributed by atoms with E-state index in [1.807, 2.05) is 37.3 Å². The number of nitrogens with one attached hydrogen (secondary N) is 1. The van der Waals surface area contributed by atoms with Crippen molar-refractivity contribution in [3.05, 3.63) is 42.2 Å². The predicted molar refractivity (Wildman–Crippen MR) is 69.6 cm³/mol. The molecule has 0 atom stereocenters. The summed E-state index contributed by atoms with van der Waals surface area (Å²) in [7, 11) is 0. The maximum atomic E-state index is 5.73. The van der Waals surface area contributed by atoms with E-state index in [2.05, 4.69) is 15.2 Å². The molecular weight excluding hydrogens is 228 g/mol. The van der Waals surface area contributed by atoms with Crippen molar-refractivity contribution in [3.63, 3.8) is 0 Å². The number of nitrogens with zero attached hydrogens (tertiary/aromatic N) is 2. The highest BCUT2D eigenvalue weighted by Gasteiger charge is 2.06. The molecule has 0 saturated carbocycles. The second kappa shape index (κ2) is 4.03. The van der Waals surface area contributed by atoms with Crippen molar-refractivity contribution in [1.29, 1.82) is 0 Å². The van der Waals surface area contributed by atoms with Gasteiger partial charge in [0.25, 0.3) is 0 Å². The highest BCUT2D eigenvalue weighted by Crippen LogP contribution is 2.28. The van der Waals surface area contributed by atoms with Crippen LogP contribution >= 0.6 is 0 Å². The fraction of sp³-hybridized carbons (Fsp3) is 0.0769. The van der Waals surface area contributed by atoms with Crippen LogP contribution in [0.1, 0.15) is 5.69 Å². The van der Waals surface area contributed by atoms with Crippen LogP contribution in [0.5, 0.6) is 11.6 Å². The van der Waals surface area contributed by atoms with Gasteiger partial charge in [-0.15, -0.1) is 5.10 Å². The van der Waals surface area contributed by atoms with Crippen LogP contribution in [-0.2, 0) is 0 Å². The molecule has 1 aromatic carbocycles. The van der Waals surface area contributed by atoms with Gasteiger partial charge < -0.3 is 10.5 Å². The van der Waals surface area contributed by atoms with E-state index < -0.39 is 0 Å². The summed E-state index contributed by atoms with van der Waals surface area (Å²) >= 11 is 0. The zero-order chi connectivity index (χ0) is 12.5. The third-order valence-electron chi connectivity index (χ3n) is 2.62. The minimum absolute atomic E-state index is 0.539. The number of rotatable bonds is 2. The Labute approximate surface area is 104 Å². The molecule has 0 aliphatic rings. The SMILES string of the molecule is Cc1cc(Oc2ccnc3cc(N)ccc23)n[nH]1. The third kappa shape index (κ3) is 1.86. The van der Waals surface area contributed by atoms with Crippen LogP contribution in [0.2, 0.25) is 0 Å². The molecule has 5 heteroatoms. The Kier molecular flexibility index (Phi) is 2.37. The minimum atomic E-state index is 0.539. The molecule has 3 rings (SSSR count). The van der Waals surface area contributed by atoms with Gasteiger partial charge in [0.05, 0.1) is 5.52 Å². The lowest BCUT2D eigenvalue weighted by atomic mass is 10.2. The van der Waals surface area contributed by atoms with Gasteiger partial charge in [-0.1, -0.05) is 0 Å². The highest BCUT2D eigenvalue weighted by atomic mass is 16.5. The number of fused-ring (bicyclic) bond motifs is 1. The molecule has 3 aromatic rings. The molecule has 0 aliphatic carbocycles. The Hall–Kier alpha value is -2.56. The van der Waals surface area contributed by atoms with Gasteiger partial charge in [-0.05, 0) is 31.2 Å². The standard InChI is InChI=1S/C13H12N4O/c1-8-6-13(17-16-8)18-12-4-5-15-11-7-9(14)2-3-10(11)12/h2-7H,14H2,1H3,(H,16,17). The number of pyridine rings is 1. The average Bonchev–Trinajstić information content (AvgIpc) is 2.75. The first kappa shape index (κ1) is 10.6. The molecule has 90 valence electrons. The summed E-state index contributed by atoms with van der Waals surface area (Å²) < 4.78 is 5.73. The Morgan fingerprint density at radius 1 is 1.22 bits per heavy atom. The number of nitrogens with two attached hydrogens (primary N) is 1. The van der Waals surface area contributed by atoms with Gasteiger partial charge in [0.1, 0.15) is 5.75 Å². The maximum Gasteiger partial charge on any atom is 0.238 e. The van der Waals surface area contributed by atoms with Crippen LogP contribution in [0, 0.1) is 6.92 Å². The molecule has 3 N–H and O–H groups in total. The Morgan fingerprint density at radius 2 is 2.11 bits per heavy atom. The number of aromatic nitrogens is 3. The molecule has 0 spiro atoms. The topological polar surface area (TPSA) is 76.8 Å². The number of aryl methyl sites for hydroxylation is 1. The predicted octanol–water partition coefficient (Wildman–Crippen LogP) is 2.64. The summed E-state index contributed by atoms with van der Waals surface area (Å²) in [5.74, 6) is 1.25. The molecular formula is C13H12N4O. The molecule has 0 bridgehead atoms. The number of anilines is 1. The molecule has 0 radical (unpaired) electrons. The van der Waals surface area contributed by atoms with E-state index in [9.17, 15) is 0 Å². The highest BCUT2D eigenvalue weighted by molar-refractivity contribution is 5.87. The molecule has 0 amide bonds. The van der Waals surface area contributed by atoms with Crippen molar-refractivity contribution in [2.75, 3.05) is 5.73 Å². The van der Waals surface area contributed by atoms with Gasteiger partial charge in [0, 0.05) is 29.0 Å². The third-order valence-corrected chi connectivity index (χ3v) is 2.62. The Morgan fingerprint density at radius 3 is 2.89 bits per heavy atom. The van der Waals surface area contributed by atoms with Gasteiger partial charge in [-0.25, -0.2) is 0 Å². The van der Waals surface area contributed by atoms with Gasteiger partial charge in [-0.3, -0.25) is 10.1 Å². The fourth-order valence-corrected chi connectivity index (χ4v) is 1.79. The molecule has 0 unspecified atom stereocenters. The van der Waals surface area contributed by atoms with Crippen LogP contribution in [0.3, 0.4) is 0 Å². The zero-order valence-corrected chi connectivity index (χ0v) is 9.84. The molecule has 0 saturated heterocycles. The molecule has 2 aromatic heterocycles. The summed E-state index contributed by atoms with van der Waals surface area (Å²) in [6, 6.07) is 9.18. The van der Waals surface area contributed by atoms with E-state index in [-0.39, 0.29) is 0 Å². The summed E-state index contributed by atoms with van der Waals surface area (Å²) in [6.07, 6.45) is 1.69. The quantitative estimate of drug-likeness (QED) is 0.675. The number of H-pyrrole nitrogens is 1. The first-order valence-corrected chi connectivity index (χ1v) is 5.56. The number of ether oxygens (including phenoxy) is 1. The monoisotopic (exact) mass is 240 g/mol. The largest absolute Gasteiger partial charge is 0.437 e. The van der Waals surface area contributed by atoms with Gasteiger partial charge in [-0.2, -0.15) is 0 Å². The van der Waals surface area contributed by atoms with Crippen molar-refractivity contribution in [3.8, 4) is 11.6 Å². The van der Waals surface area contributed by atoms with E-state index in [4.69, 9.17) is 10.5 Å². The van der Waals surface area contributed by atoms with Gasteiger partial charge in [0.2, 0.25) is 5.88 Å². The summed E-state index contributed by atoms with van der Waals surface area (Å²) in [5.41, 5.74) is 8.17. The lowest BCUT2D eigenvalue weighted by molar-refractivity contribution is 0.466. The molecule has 2 heterocycles. The van der Waals surface area contributed by atoms with E-state index in [1.165, 1.54) is 0 Å². The summed E-state index contributed by atoms with van der Waals surface area (Å²) in [6.45, 7) is 1.92. The fourth-order valence-electron chi connectivity index (χ4n) is 1.79. The zero-order valence-electron chi connectivity index (χ0n) is 9.84. The Bertz CT molecular complexity index is 705. The van der Waals surface area contributed by atoms with Crippen LogP contribution in [-0.4, -0.2) is 15.2 Å². The Balaban J connectivity index is 2.06. The van der Waals surface area contributed by atoms with Crippen LogP contribution in [0.4, 0.5) is 5.69 Å². The lowest BCUT2D eigenvalue weighted by Crippen LogP contribution is -1.90. The maximum absolute atomic E-state index is 5.73. The van der Waals surface area contributed by atoms with E-state index in [1.54, 1.807) is 6.20 Å². The van der Waals surface area contributed by atoms with Crippen molar-refractivity contribution in [2.24, 2.45) is 0 Å². The van der Waals surface area contributed by atoms with Gasteiger partial charge >= 0.3 is 0 Å². The van der Waals surface area contributed by atoms with Gasteiger partial charge in [0.15, 0.2) is 0 Å². The normalized spacial score (nSPS) is 10.7. The first-order valence-electron chi connectivity index (χ1n) is 5.56. The molecule has 5 nitrogen and oxygen atoms in total. The second-order valence-electron chi connectivity index (χ2n) is 4.08. The van der Waals surface area contributed by atoms with Crippen LogP contribution in [0.15, 0.2) is 36.5 Å². The lowest BCUT2D eigenvalue weighted by Gasteiger charge is -2.06. The number of hydrogen-bond donors (Lipinski definition) is 2. The van der Waals surface area contributed by atoms with Crippen molar-refractivity contribution in [2.45, 2.75) is 6.92 Å². The molecule has 18 heavy (non-hydrogen) atoms. The average molecular weight is 240 g/mol. The van der Waals surface area contributed by atoms with E-state index in [0.29, 0.717) is 17.3 Å². The van der Waals surface area contributed by atoms with E-state index in [0.717, 1.165) is 16.6 Å². The molecule has 0 fully saturated rings. The van der Waals surface area contributed by atoms with Crippen LogP contribution < -0.4 is 10.5 Å². The number of hydrogen-bond acceptors (Lipinski definition) is 4.